The van der Waals surface area contributed by atoms with Crippen molar-refractivity contribution in [1.82, 2.24) is 14.8 Å². The monoisotopic (exact) mass is 329 g/mol. The van der Waals surface area contributed by atoms with Gasteiger partial charge in [-0.3, -0.25) is 0 Å². The highest BCUT2D eigenvalue weighted by atomic mass is 15.3. The molecular formula is C20H19N5. The third kappa shape index (κ3) is 2.80. The van der Waals surface area contributed by atoms with Crippen LogP contribution in [0.4, 0.5) is 17.2 Å². The lowest BCUT2D eigenvalue weighted by atomic mass is 10.2. The molecule has 124 valence electrons. The summed E-state index contributed by atoms with van der Waals surface area (Å²) in [6.45, 7) is 4.03. The molecule has 0 atom stereocenters. The molecule has 2 aromatic carbocycles. The molecule has 0 aliphatic carbocycles. The van der Waals surface area contributed by atoms with Crippen molar-refractivity contribution in [3.63, 3.8) is 0 Å². The van der Waals surface area contributed by atoms with Gasteiger partial charge in [0.25, 0.3) is 0 Å². The van der Waals surface area contributed by atoms with E-state index in [0.29, 0.717) is 11.5 Å². The number of nitrogens with zero attached hydrogens (tertiary/aromatic N) is 3. The van der Waals surface area contributed by atoms with Gasteiger partial charge in [-0.1, -0.05) is 35.9 Å². The minimum atomic E-state index is 0.601. The van der Waals surface area contributed by atoms with Gasteiger partial charge >= 0.3 is 0 Å². The van der Waals surface area contributed by atoms with E-state index in [9.17, 15) is 0 Å². The van der Waals surface area contributed by atoms with Gasteiger partial charge in [-0.05, 0) is 44.2 Å². The van der Waals surface area contributed by atoms with E-state index in [2.05, 4.69) is 29.5 Å². The molecule has 5 nitrogen and oxygen atoms in total. The van der Waals surface area contributed by atoms with Crippen LogP contribution in [0.25, 0.3) is 16.7 Å². The Labute approximate surface area is 146 Å². The fourth-order valence-electron chi connectivity index (χ4n) is 2.82. The number of fused-ring (bicyclic) bond motifs is 1. The van der Waals surface area contributed by atoms with Gasteiger partial charge < -0.3 is 11.1 Å². The maximum absolute atomic E-state index is 6.22. The molecule has 4 aromatic rings. The van der Waals surface area contributed by atoms with Crippen molar-refractivity contribution < 1.29 is 0 Å². The average Bonchev–Trinajstić information content (AvgIpc) is 2.94. The first kappa shape index (κ1) is 15.2. The summed E-state index contributed by atoms with van der Waals surface area (Å²) in [6.07, 6.45) is 0. The Morgan fingerprint density at radius 2 is 1.68 bits per heavy atom. The molecule has 4 rings (SSSR count). The Bertz CT molecular complexity index is 1030. The summed E-state index contributed by atoms with van der Waals surface area (Å²) >= 11 is 0. The average molecular weight is 329 g/mol. The molecule has 0 saturated heterocycles. The SMILES string of the molecule is Cc1ccc(Nc2nc3c(cc2N)c(C)nn3-c2ccccc2)cc1. The van der Waals surface area contributed by atoms with Gasteiger partial charge in [0, 0.05) is 11.1 Å². The van der Waals surface area contributed by atoms with Gasteiger partial charge in [0.2, 0.25) is 0 Å². The Kier molecular flexibility index (Phi) is 3.61. The third-order valence-corrected chi connectivity index (χ3v) is 4.19. The molecule has 0 saturated carbocycles. The highest BCUT2D eigenvalue weighted by Gasteiger charge is 2.14. The minimum absolute atomic E-state index is 0.601. The van der Waals surface area contributed by atoms with Gasteiger partial charge in [0.05, 0.1) is 17.1 Å². The molecule has 0 unspecified atom stereocenters. The van der Waals surface area contributed by atoms with Crippen molar-refractivity contribution in [2.24, 2.45) is 0 Å². The van der Waals surface area contributed by atoms with Gasteiger partial charge in [0.1, 0.15) is 0 Å². The second-order valence-electron chi connectivity index (χ2n) is 6.12. The normalized spacial score (nSPS) is 11.0. The van der Waals surface area contributed by atoms with Crippen LogP contribution in [0, 0.1) is 13.8 Å². The zero-order chi connectivity index (χ0) is 17.4. The quantitative estimate of drug-likeness (QED) is 0.586. The van der Waals surface area contributed by atoms with Crippen LogP contribution in [-0.4, -0.2) is 14.8 Å². The Morgan fingerprint density at radius 3 is 2.40 bits per heavy atom. The molecule has 3 N–H and O–H groups in total. The Hall–Kier alpha value is -3.34. The highest BCUT2D eigenvalue weighted by molar-refractivity contribution is 5.87. The van der Waals surface area contributed by atoms with Gasteiger partial charge in [-0.15, -0.1) is 0 Å². The zero-order valence-corrected chi connectivity index (χ0v) is 14.2. The lowest BCUT2D eigenvalue weighted by Gasteiger charge is -2.10. The first-order valence-electron chi connectivity index (χ1n) is 8.17. The van der Waals surface area contributed by atoms with Crippen LogP contribution in [0.3, 0.4) is 0 Å². The fourth-order valence-corrected chi connectivity index (χ4v) is 2.82. The van der Waals surface area contributed by atoms with E-state index in [0.717, 1.165) is 28.1 Å². The number of nitrogens with one attached hydrogen (secondary N) is 1. The molecule has 2 aromatic heterocycles. The van der Waals surface area contributed by atoms with E-state index in [-0.39, 0.29) is 0 Å². The van der Waals surface area contributed by atoms with Gasteiger partial charge in [-0.25, -0.2) is 9.67 Å². The van der Waals surface area contributed by atoms with E-state index in [4.69, 9.17) is 10.7 Å². The van der Waals surface area contributed by atoms with Crippen LogP contribution in [0.2, 0.25) is 0 Å². The maximum atomic E-state index is 6.22. The molecular weight excluding hydrogens is 310 g/mol. The number of hydrogen-bond donors (Lipinski definition) is 2. The molecule has 0 bridgehead atoms. The molecule has 0 fully saturated rings. The van der Waals surface area contributed by atoms with E-state index < -0.39 is 0 Å². The van der Waals surface area contributed by atoms with E-state index in [1.165, 1.54) is 5.56 Å². The number of para-hydroxylation sites is 1. The van der Waals surface area contributed by atoms with Crippen molar-refractivity contribution in [3.8, 4) is 5.69 Å². The number of aromatic nitrogens is 3. The highest BCUT2D eigenvalue weighted by Crippen LogP contribution is 2.28. The fraction of sp³-hybridized carbons (Fsp3) is 0.100. The Balaban J connectivity index is 1.83. The summed E-state index contributed by atoms with van der Waals surface area (Å²) in [4.78, 5) is 4.75. The van der Waals surface area contributed by atoms with E-state index in [1.54, 1.807) is 0 Å². The summed E-state index contributed by atoms with van der Waals surface area (Å²) in [5.74, 6) is 0.633. The molecule has 0 radical (unpaired) electrons. The smallest absolute Gasteiger partial charge is 0.165 e. The lowest BCUT2D eigenvalue weighted by Crippen LogP contribution is -2.02. The second kappa shape index (κ2) is 5.94. The number of hydrogen-bond acceptors (Lipinski definition) is 4. The molecule has 0 spiro atoms. The van der Waals surface area contributed by atoms with Crippen molar-refractivity contribution in [3.05, 3.63) is 71.9 Å². The van der Waals surface area contributed by atoms with Crippen molar-refractivity contribution >= 4 is 28.2 Å². The third-order valence-electron chi connectivity index (χ3n) is 4.19. The minimum Gasteiger partial charge on any atom is -0.396 e. The van der Waals surface area contributed by atoms with Crippen LogP contribution in [-0.2, 0) is 0 Å². The first-order chi connectivity index (χ1) is 12.1. The number of benzene rings is 2. The predicted molar refractivity (Wildman–Crippen MR) is 102 cm³/mol. The number of aryl methyl sites for hydroxylation is 2. The van der Waals surface area contributed by atoms with Crippen LogP contribution in [0.5, 0.6) is 0 Å². The standard InChI is InChI=1S/C20H19N5/c1-13-8-10-15(11-9-13)22-19-18(21)12-17-14(2)24-25(20(17)23-19)16-6-4-3-5-7-16/h3-12H,21H2,1-2H3,(H,22,23). The maximum Gasteiger partial charge on any atom is 0.165 e. The van der Waals surface area contributed by atoms with Crippen LogP contribution in [0.1, 0.15) is 11.3 Å². The molecule has 0 amide bonds. The van der Waals surface area contributed by atoms with Crippen molar-refractivity contribution in [2.45, 2.75) is 13.8 Å². The van der Waals surface area contributed by atoms with Crippen LogP contribution >= 0.6 is 0 Å². The predicted octanol–water partition coefficient (Wildman–Crippen LogP) is 4.36. The lowest BCUT2D eigenvalue weighted by molar-refractivity contribution is 0.878. The molecule has 0 aliphatic heterocycles. The summed E-state index contributed by atoms with van der Waals surface area (Å²) in [5, 5.41) is 8.89. The largest absolute Gasteiger partial charge is 0.396 e. The molecule has 25 heavy (non-hydrogen) atoms. The van der Waals surface area contributed by atoms with Gasteiger partial charge in [0.15, 0.2) is 11.5 Å². The van der Waals surface area contributed by atoms with Crippen molar-refractivity contribution in [2.75, 3.05) is 11.1 Å². The molecule has 2 heterocycles. The Morgan fingerprint density at radius 1 is 0.960 bits per heavy atom. The van der Waals surface area contributed by atoms with E-state index in [1.807, 2.05) is 60.1 Å². The number of anilines is 3. The second-order valence-corrected chi connectivity index (χ2v) is 6.12. The molecule has 5 heteroatoms. The summed E-state index contributed by atoms with van der Waals surface area (Å²) in [7, 11) is 0. The summed E-state index contributed by atoms with van der Waals surface area (Å²) in [5.41, 5.74) is 11.6. The van der Waals surface area contributed by atoms with Crippen LogP contribution in [0.15, 0.2) is 60.7 Å². The van der Waals surface area contributed by atoms with Crippen molar-refractivity contribution in [1.29, 1.82) is 0 Å². The number of nitrogens with two attached hydrogens (primary N) is 1. The number of rotatable bonds is 3. The topological polar surface area (TPSA) is 68.8 Å². The van der Waals surface area contributed by atoms with E-state index >= 15 is 0 Å². The zero-order valence-electron chi connectivity index (χ0n) is 14.2. The molecule has 0 aliphatic rings. The summed E-state index contributed by atoms with van der Waals surface area (Å²) in [6, 6.07) is 20.0. The number of nitrogen functional groups attached to an aromatic ring is 1. The summed E-state index contributed by atoms with van der Waals surface area (Å²) < 4.78 is 1.85. The van der Waals surface area contributed by atoms with Gasteiger partial charge in [-0.2, -0.15) is 5.10 Å². The number of pyridine rings is 1. The van der Waals surface area contributed by atoms with Crippen LogP contribution < -0.4 is 11.1 Å². The first-order valence-corrected chi connectivity index (χ1v) is 8.17.